The third-order valence-electron chi connectivity index (χ3n) is 2.27. The van der Waals surface area contributed by atoms with Gasteiger partial charge in [0.05, 0.1) is 14.2 Å². The molecule has 0 fully saturated rings. The van der Waals surface area contributed by atoms with Crippen molar-refractivity contribution in [3.8, 4) is 11.5 Å². The summed E-state index contributed by atoms with van der Waals surface area (Å²) >= 11 is 0. The molecule has 1 aromatic rings. The molecule has 0 saturated heterocycles. The molecular formula is C11H15F2NO2. The maximum atomic E-state index is 12.2. The van der Waals surface area contributed by atoms with E-state index in [1.807, 2.05) is 0 Å². The Kier molecular flexibility index (Phi) is 4.49. The van der Waals surface area contributed by atoms with Crippen LogP contribution < -0.4 is 15.2 Å². The molecule has 0 aliphatic carbocycles. The van der Waals surface area contributed by atoms with Crippen molar-refractivity contribution in [3.05, 3.63) is 23.8 Å². The van der Waals surface area contributed by atoms with Crippen molar-refractivity contribution in [1.29, 1.82) is 0 Å². The highest BCUT2D eigenvalue weighted by Gasteiger charge is 2.17. The predicted octanol–water partition coefficient (Wildman–Crippen LogP) is 2.36. The number of hydrogen-bond acceptors (Lipinski definition) is 3. The minimum atomic E-state index is -2.43. The number of methoxy groups -OCH3 is 2. The van der Waals surface area contributed by atoms with Gasteiger partial charge in [0.1, 0.15) is 11.5 Å². The van der Waals surface area contributed by atoms with E-state index in [1.54, 1.807) is 18.2 Å². The molecule has 0 heterocycles. The van der Waals surface area contributed by atoms with Crippen LogP contribution in [-0.2, 0) is 0 Å². The second-order valence-electron chi connectivity index (χ2n) is 3.34. The van der Waals surface area contributed by atoms with Crippen molar-refractivity contribution in [2.75, 3.05) is 14.2 Å². The Morgan fingerprint density at radius 1 is 1.25 bits per heavy atom. The highest BCUT2D eigenvalue weighted by molar-refractivity contribution is 5.42. The van der Waals surface area contributed by atoms with E-state index in [0.29, 0.717) is 17.1 Å². The average Bonchev–Trinajstić information content (AvgIpc) is 2.27. The van der Waals surface area contributed by atoms with Crippen LogP contribution in [0.4, 0.5) is 8.78 Å². The molecule has 0 amide bonds. The lowest BCUT2D eigenvalue weighted by Crippen LogP contribution is -2.15. The van der Waals surface area contributed by atoms with Gasteiger partial charge in [-0.1, -0.05) is 6.07 Å². The van der Waals surface area contributed by atoms with Gasteiger partial charge < -0.3 is 15.2 Å². The maximum absolute atomic E-state index is 12.2. The smallest absolute Gasteiger partial charge is 0.240 e. The number of halogens is 2. The van der Waals surface area contributed by atoms with Gasteiger partial charge in [-0.25, -0.2) is 8.78 Å². The van der Waals surface area contributed by atoms with Gasteiger partial charge in [0, 0.05) is 24.1 Å². The van der Waals surface area contributed by atoms with Gasteiger partial charge in [0.2, 0.25) is 6.43 Å². The summed E-state index contributed by atoms with van der Waals surface area (Å²) < 4.78 is 34.5. The summed E-state index contributed by atoms with van der Waals surface area (Å²) in [6.45, 7) is 0. The Hall–Kier alpha value is -1.36. The van der Waals surface area contributed by atoms with Crippen LogP contribution in [-0.4, -0.2) is 20.6 Å². The molecule has 0 bridgehead atoms. The molecule has 0 aliphatic rings. The van der Waals surface area contributed by atoms with Crippen LogP contribution >= 0.6 is 0 Å². The van der Waals surface area contributed by atoms with E-state index < -0.39 is 12.5 Å². The summed E-state index contributed by atoms with van der Waals surface area (Å²) in [5, 5.41) is 0. The second kappa shape index (κ2) is 5.65. The fraction of sp³-hybridized carbons (Fsp3) is 0.455. The summed E-state index contributed by atoms with van der Waals surface area (Å²) in [7, 11) is 2.99. The fourth-order valence-electron chi connectivity index (χ4n) is 1.44. The monoisotopic (exact) mass is 231 g/mol. The maximum Gasteiger partial charge on any atom is 0.240 e. The molecule has 1 atom stereocenters. The molecule has 1 aromatic carbocycles. The summed E-state index contributed by atoms with van der Waals surface area (Å²) in [5.41, 5.74) is 6.22. The summed E-state index contributed by atoms with van der Waals surface area (Å²) in [6.07, 6.45) is -2.82. The molecule has 16 heavy (non-hydrogen) atoms. The lowest BCUT2D eigenvalue weighted by atomic mass is 10.0. The summed E-state index contributed by atoms with van der Waals surface area (Å²) in [5.74, 6) is 1.07. The van der Waals surface area contributed by atoms with Gasteiger partial charge in [-0.15, -0.1) is 0 Å². The predicted molar refractivity (Wildman–Crippen MR) is 57.1 cm³/mol. The van der Waals surface area contributed by atoms with E-state index in [0.717, 1.165) is 0 Å². The van der Waals surface area contributed by atoms with Crippen molar-refractivity contribution < 1.29 is 18.3 Å². The molecule has 0 aromatic heterocycles. The first-order chi connectivity index (χ1) is 7.58. The van der Waals surface area contributed by atoms with Gasteiger partial charge in [0.25, 0.3) is 0 Å². The van der Waals surface area contributed by atoms with E-state index >= 15 is 0 Å². The van der Waals surface area contributed by atoms with E-state index in [2.05, 4.69) is 0 Å². The van der Waals surface area contributed by atoms with Crippen molar-refractivity contribution in [3.63, 3.8) is 0 Å². The third-order valence-corrected chi connectivity index (χ3v) is 2.27. The Labute approximate surface area is 93.2 Å². The van der Waals surface area contributed by atoms with Crippen LogP contribution in [0.2, 0.25) is 0 Å². The number of hydrogen-bond donors (Lipinski definition) is 1. The van der Waals surface area contributed by atoms with Crippen LogP contribution in [0.5, 0.6) is 11.5 Å². The van der Waals surface area contributed by atoms with Gasteiger partial charge in [-0.05, 0) is 6.07 Å². The topological polar surface area (TPSA) is 44.5 Å². The highest BCUT2D eigenvalue weighted by atomic mass is 19.3. The number of rotatable bonds is 5. The Bertz CT molecular complexity index is 345. The number of benzene rings is 1. The molecule has 90 valence electrons. The number of nitrogens with two attached hydrogens (primary N) is 1. The van der Waals surface area contributed by atoms with Crippen LogP contribution in [0.15, 0.2) is 18.2 Å². The van der Waals surface area contributed by atoms with Crippen LogP contribution in [0.1, 0.15) is 18.0 Å². The molecule has 3 nitrogen and oxygen atoms in total. The van der Waals surface area contributed by atoms with E-state index in [9.17, 15) is 8.78 Å². The van der Waals surface area contributed by atoms with Crippen molar-refractivity contribution in [2.24, 2.45) is 5.73 Å². The first-order valence-corrected chi connectivity index (χ1v) is 4.84. The molecule has 0 spiro atoms. The Balaban J connectivity index is 2.94. The van der Waals surface area contributed by atoms with Gasteiger partial charge in [0.15, 0.2) is 0 Å². The average molecular weight is 231 g/mol. The molecular weight excluding hydrogens is 216 g/mol. The molecule has 2 N–H and O–H groups in total. The minimum Gasteiger partial charge on any atom is -0.497 e. The lowest BCUT2D eigenvalue weighted by molar-refractivity contribution is 0.128. The van der Waals surface area contributed by atoms with Crippen molar-refractivity contribution >= 4 is 0 Å². The molecule has 5 heteroatoms. The van der Waals surface area contributed by atoms with E-state index in [-0.39, 0.29) is 6.42 Å². The third kappa shape index (κ3) is 3.06. The normalized spacial score (nSPS) is 12.6. The van der Waals surface area contributed by atoms with Crippen LogP contribution in [0.3, 0.4) is 0 Å². The highest BCUT2D eigenvalue weighted by Crippen LogP contribution is 2.30. The largest absolute Gasteiger partial charge is 0.497 e. The van der Waals surface area contributed by atoms with E-state index in [4.69, 9.17) is 15.2 Å². The molecule has 0 aliphatic heterocycles. The van der Waals surface area contributed by atoms with Gasteiger partial charge in [-0.2, -0.15) is 0 Å². The first-order valence-electron chi connectivity index (χ1n) is 4.84. The zero-order valence-electron chi connectivity index (χ0n) is 9.24. The Morgan fingerprint density at radius 2 is 1.94 bits per heavy atom. The standard InChI is InChI=1S/C11H15F2NO2/c1-15-7-3-4-8(10(5-7)16-2)9(14)6-11(12)13/h3-5,9,11H,6,14H2,1-2H3/t9-/m1/s1. The summed E-state index contributed by atoms with van der Waals surface area (Å²) in [6, 6.07) is 4.20. The van der Waals surface area contributed by atoms with Crippen LogP contribution in [0.25, 0.3) is 0 Å². The second-order valence-corrected chi connectivity index (χ2v) is 3.34. The van der Waals surface area contributed by atoms with Crippen molar-refractivity contribution in [1.82, 2.24) is 0 Å². The number of ether oxygens (including phenoxy) is 2. The lowest BCUT2D eigenvalue weighted by Gasteiger charge is -2.16. The van der Waals surface area contributed by atoms with E-state index in [1.165, 1.54) is 14.2 Å². The van der Waals surface area contributed by atoms with Crippen molar-refractivity contribution in [2.45, 2.75) is 18.9 Å². The Morgan fingerprint density at radius 3 is 2.44 bits per heavy atom. The van der Waals surface area contributed by atoms with Crippen LogP contribution in [0, 0.1) is 0 Å². The van der Waals surface area contributed by atoms with Gasteiger partial charge >= 0.3 is 0 Å². The SMILES string of the molecule is COc1ccc([C@H](N)CC(F)F)c(OC)c1. The molecule has 0 saturated carbocycles. The molecule has 1 rings (SSSR count). The minimum absolute atomic E-state index is 0.386. The molecule has 0 unspecified atom stereocenters. The summed E-state index contributed by atoms with van der Waals surface area (Å²) in [4.78, 5) is 0. The first kappa shape index (κ1) is 12.7. The zero-order valence-corrected chi connectivity index (χ0v) is 9.24. The molecule has 0 radical (unpaired) electrons. The van der Waals surface area contributed by atoms with Gasteiger partial charge in [-0.3, -0.25) is 0 Å². The zero-order chi connectivity index (χ0) is 12.1. The quantitative estimate of drug-likeness (QED) is 0.846. The number of alkyl halides is 2. The fourth-order valence-corrected chi connectivity index (χ4v) is 1.44.